The molecule has 1 saturated carbocycles. The summed E-state index contributed by atoms with van der Waals surface area (Å²) >= 11 is 0. The van der Waals surface area contributed by atoms with Crippen LogP contribution in [-0.2, 0) is 4.74 Å². The lowest BCUT2D eigenvalue weighted by Gasteiger charge is -2.34. The summed E-state index contributed by atoms with van der Waals surface area (Å²) in [5, 5.41) is 12.6. The van der Waals surface area contributed by atoms with Gasteiger partial charge >= 0.3 is 18.2 Å². The lowest BCUT2D eigenvalue weighted by molar-refractivity contribution is 0.0490. The summed E-state index contributed by atoms with van der Waals surface area (Å²) in [5.41, 5.74) is 0.781. The first-order valence-electron chi connectivity index (χ1n) is 10.4. The number of carbonyl (C=O) groups excluding carboxylic acids is 1. The monoisotopic (exact) mass is 444 g/mol. The van der Waals surface area contributed by atoms with Crippen molar-refractivity contribution in [2.24, 2.45) is 0 Å². The van der Waals surface area contributed by atoms with E-state index in [1.807, 2.05) is 0 Å². The number of ether oxygens (including phenoxy) is 2. The molecule has 0 bridgehead atoms. The Balaban J connectivity index is 1.63. The largest absolute Gasteiger partial charge is 0.467 e. The topological polar surface area (TPSA) is 140 Å². The van der Waals surface area contributed by atoms with Gasteiger partial charge in [0.2, 0.25) is 5.95 Å². The fourth-order valence-electron chi connectivity index (χ4n) is 3.52. The number of carboxylic acid groups (broad SMARTS) is 1. The highest BCUT2D eigenvalue weighted by Crippen LogP contribution is 2.27. The molecule has 2 amide bonds. The Morgan fingerprint density at radius 3 is 2.00 bits per heavy atom. The van der Waals surface area contributed by atoms with Gasteiger partial charge in [-0.05, 0) is 46.5 Å². The highest BCUT2D eigenvalue weighted by molar-refractivity contribution is 5.84. The maximum absolute atomic E-state index is 12.0. The van der Waals surface area contributed by atoms with Gasteiger partial charge in [0.1, 0.15) is 5.60 Å². The first kappa shape index (κ1) is 23.2. The number of anilines is 1. The molecule has 0 aromatic carbocycles. The van der Waals surface area contributed by atoms with Crippen LogP contribution in [0.5, 0.6) is 6.01 Å². The maximum Gasteiger partial charge on any atom is 0.414 e. The van der Waals surface area contributed by atoms with Crippen molar-refractivity contribution in [2.75, 3.05) is 12.0 Å². The van der Waals surface area contributed by atoms with Crippen LogP contribution in [0.2, 0.25) is 0 Å². The molecule has 0 radical (unpaired) electrons. The lowest BCUT2D eigenvalue weighted by atomic mass is 9.90. The number of nitrogens with one attached hydrogen (secondary N) is 1. The summed E-state index contributed by atoms with van der Waals surface area (Å²) in [6, 6.07) is -0.0884. The number of rotatable bonds is 5. The Morgan fingerprint density at radius 1 is 1.00 bits per heavy atom. The molecule has 11 heteroatoms. The van der Waals surface area contributed by atoms with Gasteiger partial charge < -0.3 is 19.9 Å². The number of nitrogens with zero attached hydrogens (tertiary/aromatic N) is 5. The molecule has 1 aliphatic carbocycles. The molecule has 3 rings (SSSR count). The summed E-state index contributed by atoms with van der Waals surface area (Å²) in [5.74, 6) is 0.110. The summed E-state index contributed by atoms with van der Waals surface area (Å²) in [4.78, 5) is 41.8. The Kier molecular flexibility index (Phi) is 7.06. The number of amides is 2. The molecule has 32 heavy (non-hydrogen) atoms. The van der Waals surface area contributed by atoms with E-state index in [-0.39, 0.29) is 24.0 Å². The van der Waals surface area contributed by atoms with Crippen LogP contribution in [0.25, 0.3) is 11.1 Å². The van der Waals surface area contributed by atoms with E-state index in [4.69, 9.17) is 9.47 Å². The first-order chi connectivity index (χ1) is 15.2. The molecule has 2 aromatic rings. The van der Waals surface area contributed by atoms with Crippen LogP contribution >= 0.6 is 0 Å². The number of alkyl carbamates (subject to hydrolysis) is 1. The standard InChI is InChI=1S/C21H28N6O5/c1-21(2,3)32-19(28)26-15-5-7-16(8-6-15)27(20(29)30)17-22-9-13(10-23-17)14-11-24-18(31-4)25-12-14/h9-12,15-16H,5-8H2,1-4H3,(H,26,28)(H,29,30). The first-order valence-corrected chi connectivity index (χ1v) is 10.4. The molecule has 172 valence electrons. The van der Waals surface area contributed by atoms with Gasteiger partial charge in [0.15, 0.2) is 0 Å². The van der Waals surface area contributed by atoms with Crippen molar-refractivity contribution in [3.63, 3.8) is 0 Å². The van der Waals surface area contributed by atoms with Gasteiger partial charge in [-0.25, -0.2) is 34.4 Å². The number of hydrogen-bond donors (Lipinski definition) is 2. The Hall–Kier alpha value is -3.50. The second-order valence-electron chi connectivity index (χ2n) is 8.53. The minimum absolute atomic E-state index is 0.0601. The number of carbonyl (C=O) groups is 2. The molecular weight excluding hydrogens is 416 g/mol. The van der Waals surface area contributed by atoms with Crippen LogP contribution in [0.3, 0.4) is 0 Å². The van der Waals surface area contributed by atoms with Crippen molar-refractivity contribution >= 4 is 18.1 Å². The van der Waals surface area contributed by atoms with Gasteiger partial charge in [0.25, 0.3) is 0 Å². The fraction of sp³-hybridized carbons (Fsp3) is 0.524. The smallest absolute Gasteiger partial charge is 0.414 e. The third kappa shape index (κ3) is 6.02. The molecule has 0 spiro atoms. The molecule has 0 aliphatic heterocycles. The molecule has 1 aliphatic rings. The van der Waals surface area contributed by atoms with Crippen LogP contribution < -0.4 is 15.0 Å². The zero-order valence-corrected chi connectivity index (χ0v) is 18.6. The van der Waals surface area contributed by atoms with E-state index in [1.54, 1.807) is 45.6 Å². The average molecular weight is 444 g/mol. The van der Waals surface area contributed by atoms with Crippen molar-refractivity contribution in [2.45, 2.75) is 64.1 Å². The van der Waals surface area contributed by atoms with Gasteiger partial charge in [0, 0.05) is 48.0 Å². The summed E-state index contributed by atoms with van der Waals surface area (Å²) in [6.45, 7) is 5.42. The number of hydrogen-bond acceptors (Lipinski definition) is 8. The predicted octanol–water partition coefficient (Wildman–Crippen LogP) is 3.26. The van der Waals surface area contributed by atoms with E-state index in [1.165, 1.54) is 12.0 Å². The summed E-state index contributed by atoms with van der Waals surface area (Å²) in [6.07, 6.45) is 7.08. The number of methoxy groups -OCH3 is 1. The van der Waals surface area contributed by atoms with E-state index in [0.717, 1.165) is 0 Å². The normalized spacial score (nSPS) is 18.5. The Bertz CT molecular complexity index is 921. The zero-order valence-electron chi connectivity index (χ0n) is 18.6. The van der Waals surface area contributed by atoms with Crippen molar-refractivity contribution in [3.05, 3.63) is 24.8 Å². The quantitative estimate of drug-likeness (QED) is 0.711. The van der Waals surface area contributed by atoms with E-state index >= 15 is 0 Å². The maximum atomic E-state index is 12.0. The van der Waals surface area contributed by atoms with Gasteiger partial charge in [-0.1, -0.05) is 0 Å². The Labute approximate surface area is 186 Å². The van der Waals surface area contributed by atoms with Gasteiger partial charge in [-0.3, -0.25) is 0 Å². The van der Waals surface area contributed by atoms with Gasteiger partial charge in [-0.15, -0.1) is 0 Å². The molecule has 2 aromatic heterocycles. The third-order valence-electron chi connectivity index (χ3n) is 4.99. The predicted molar refractivity (Wildman–Crippen MR) is 116 cm³/mol. The van der Waals surface area contributed by atoms with Crippen molar-refractivity contribution in [1.82, 2.24) is 25.3 Å². The van der Waals surface area contributed by atoms with Crippen molar-refractivity contribution in [1.29, 1.82) is 0 Å². The molecule has 0 unspecified atom stereocenters. The second-order valence-corrected chi connectivity index (χ2v) is 8.53. The van der Waals surface area contributed by atoms with E-state index in [2.05, 4.69) is 25.3 Å². The highest BCUT2D eigenvalue weighted by atomic mass is 16.6. The summed E-state index contributed by atoms with van der Waals surface area (Å²) < 4.78 is 10.2. The molecule has 11 nitrogen and oxygen atoms in total. The SMILES string of the molecule is COc1ncc(-c2cnc(N(C(=O)O)C3CCC(NC(=O)OC(C)(C)C)CC3)nc2)cn1. The molecule has 1 fully saturated rings. The van der Waals surface area contributed by atoms with Crippen molar-refractivity contribution < 1.29 is 24.2 Å². The van der Waals surface area contributed by atoms with E-state index in [9.17, 15) is 14.7 Å². The molecule has 0 saturated heterocycles. The zero-order chi connectivity index (χ0) is 23.3. The summed E-state index contributed by atoms with van der Waals surface area (Å²) in [7, 11) is 1.48. The Morgan fingerprint density at radius 2 is 1.53 bits per heavy atom. The van der Waals surface area contributed by atoms with Crippen LogP contribution in [0.1, 0.15) is 46.5 Å². The second kappa shape index (κ2) is 9.75. The minimum atomic E-state index is -1.12. The van der Waals surface area contributed by atoms with Crippen LogP contribution in [0.4, 0.5) is 15.5 Å². The van der Waals surface area contributed by atoms with Crippen LogP contribution in [0, 0.1) is 0 Å². The van der Waals surface area contributed by atoms with Gasteiger partial charge in [-0.2, -0.15) is 0 Å². The van der Waals surface area contributed by atoms with Gasteiger partial charge in [0.05, 0.1) is 7.11 Å². The number of aromatic nitrogens is 4. The highest BCUT2D eigenvalue weighted by Gasteiger charge is 2.32. The third-order valence-corrected chi connectivity index (χ3v) is 4.99. The average Bonchev–Trinajstić information content (AvgIpc) is 2.74. The lowest BCUT2D eigenvalue weighted by Crippen LogP contribution is -2.47. The molecular formula is C21H28N6O5. The molecule has 2 heterocycles. The minimum Gasteiger partial charge on any atom is -0.467 e. The molecule has 2 N–H and O–H groups in total. The van der Waals surface area contributed by atoms with Crippen LogP contribution in [0.15, 0.2) is 24.8 Å². The molecule has 0 atom stereocenters. The van der Waals surface area contributed by atoms with E-state index < -0.39 is 17.8 Å². The van der Waals surface area contributed by atoms with E-state index in [0.29, 0.717) is 36.8 Å². The van der Waals surface area contributed by atoms with Crippen molar-refractivity contribution in [3.8, 4) is 17.1 Å². The van der Waals surface area contributed by atoms with Crippen LogP contribution in [-0.4, -0.2) is 62.0 Å². The fourth-order valence-corrected chi connectivity index (χ4v) is 3.52.